The largest absolute Gasteiger partial charge is 0.486 e. The van der Waals surface area contributed by atoms with E-state index in [1.54, 1.807) is 0 Å². The van der Waals surface area contributed by atoms with Crippen LogP contribution >= 0.6 is 0 Å². The fraction of sp³-hybridized carbons (Fsp3) is 0.682. The lowest BCUT2D eigenvalue weighted by molar-refractivity contribution is -0.123. The fourth-order valence-electron chi connectivity index (χ4n) is 4.67. The van der Waals surface area contributed by atoms with Crippen LogP contribution in [0.3, 0.4) is 0 Å². The van der Waals surface area contributed by atoms with E-state index in [-0.39, 0.29) is 24.2 Å². The molecule has 7 nitrogen and oxygen atoms in total. The van der Waals surface area contributed by atoms with Crippen LogP contribution < -0.4 is 14.8 Å². The third-order valence-corrected chi connectivity index (χ3v) is 5.90. The molecule has 1 N–H and O–H groups in total. The Bertz CT molecular complexity index is 690. The summed E-state index contributed by atoms with van der Waals surface area (Å²) in [6.45, 7) is 9.59. The lowest BCUT2D eigenvalue weighted by Crippen LogP contribution is -2.51. The number of carbonyl (C=O) groups is 1. The maximum Gasteiger partial charge on any atom is 0.234 e. The second-order valence-electron chi connectivity index (χ2n) is 8.54. The minimum Gasteiger partial charge on any atom is -0.486 e. The summed E-state index contributed by atoms with van der Waals surface area (Å²) in [5, 5.41) is 3.03. The van der Waals surface area contributed by atoms with Gasteiger partial charge in [-0.15, -0.1) is 0 Å². The van der Waals surface area contributed by atoms with Gasteiger partial charge in [0, 0.05) is 25.7 Å². The highest BCUT2D eigenvalue weighted by atomic mass is 16.6. The van der Waals surface area contributed by atoms with Crippen LogP contribution in [-0.4, -0.2) is 85.9 Å². The number of rotatable bonds is 6. The molecule has 4 rings (SSSR count). The Morgan fingerprint density at radius 1 is 1.17 bits per heavy atom. The first-order valence-corrected chi connectivity index (χ1v) is 10.8. The standard InChI is InChI=1S/C22H33N3O4/c1-16-11-24(12-17(2)28-16)13-18-6-5-9-25(18)14-22(26)23-10-19-15-27-20-7-3-4-8-21(20)29-19/h3-4,7-8,16-19H,5-6,9-15H2,1-2H3,(H,23,26). The maximum atomic E-state index is 12.5. The van der Waals surface area contributed by atoms with Crippen molar-refractivity contribution >= 4 is 5.91 Å². The van der Waals surface area contributed by atoms with Gasteiger partial charge in [-0.2, -0.15) is 0 Å². The zero-order valence-electron chi connectivity index (χ0n) is 17.5. The van der Waals surface area contributed by atoms with Crippen LogP contribution in [0.15, 0.2) is 24.3 Å². The van der Waals surface area contributed by atoms with E-state index < -0.39 is 0 Å². The summed E-state index contributed by atoms with van der Waals surface area (Å²) in [5.74, 6) is 1.57. The van der Waals surface area contributed by atoms with Crippen molar-refractivity contribution in [1.29, 1.82) is 0 Å². The first-order chi connectivity index (χ1) is 14.1. The highest BCUT2D eigenvalue weighted by Crippen LogP contribution is 2.30. The van der Waals surface area contributed by atoms with Gasteiger partial charge in [-0.25, -0.2) is 0 Å². The number of fused-ring (bicyclic) bond motifs is 1. The second-order valence-corrected chi connectivity index (χ2v) is 8.54. The number of hydrogen-bond donors (Lipinski definition) is 1. The molecule has 0 aliphatic carbocycles. The number of para-hydroxylation sites is 2. The van der Waals surface area contributed by atoms with Crippen molar-refractivity contribution in [3.05, 3.63) is 24.3 Å². The first-order valence-electron chi connectivity index (χ1n) is 10.8. The lowest BCUT2D eigenvalue weighted by Gasteiger charge is -2.38. The molecule has 160 valence electrons. The third kappa shape index (κ3) is 5.41. The van der Waals surface area contributed by atoms with Crippen molar-refractivity contribution in [2.75, 3.05) is 45.9 Å². The highest BCUT2D eigenvalue weighted by Gasteiger charge is 2.31. The van der Waals surface area contributed by atoms with E-state index in [4.69, 9.17) is 14.2 Å². The molecule has 0 spiro atoms. The number of carbonyl (C=O) groups excluding carboxylic acids is 1. The van der Waals surface area contributed by atoms with Crippen LogP contribution in [0.2, 0.25) is 0 Å². The van der Waals surface area contributed by atoms with Crippen LogP contribution in [0, 0.1) is 0 Å². The molecule has 7 heteroatoms. The Morgan fingerprint density at radius 2 is 1.93 bits per heavy atom. The molecule has 0 radical (unpaired) electrons. The summed E-state index contributed by atoms with van der Waals surface area (Å²) in [7, 11) is 0. The molecule has 0 saturated carbocycles. The average Bonchev–Trinajstić information content (AvgIpc) is 3.12. The van der Waals surface area contributed by atoms with E-state index in [0.717, 1.165) is 50.5 Å². The summed E-state index contributed by atoms with van der Waals surface area (Å²) in [6, 6.07) is 8.08. The number of hydrogen-bond acceptors (Lipinski definition) is 6. The Kier molecular flexibility index (Phi) is 6.57. The minimum absolute atomic E-state index is 0.0584. The smallest absolute Gasteiger partial charge is 0.234 e. The van der Waals surface area contributed by atoms with Crippen molar-refractivity contribution < 1.29 is 19.0 Å². The second kappa shape index (κ2) is 9.32. The Labute approximate surface area is 173 Å². The monoisotopic (exact) mass is 403 g/mol. The molecular weight excluding hydrogens is 370 g/mol. The van der Waals surface area contributed by atoms with Crippen LogP contribution in [0.25, 0.3) is 0 Å². The highest BCUT2D eigenvalue weighted by molar-refractivity contribution is 5.78. The van der Waals surface area contributed by atoms with Gasteiger partial charge in [0.2, 0.25) is 5.91 Å². The molecule has 1 aromatic carbocycles. The Hall–Kier alpha value is -1.83. The molecule has 0 aromatic heterocycles. The number of ether oxygens (including phenoxy) is 3. The molecule has 2 saturated heterocycles. The first kappa shape index (κ1) is 20.4. The lowest BCUT2D eigenvalue weighted by atomic mass is 10.1. The topological polar surface area (TPSA) is 63.3 Å². The molecule has 4 unspecified atom stereocenters. The van der Waals surface area contributed by atoms with Crippen LogP contribution in [-0.2, 0) is 9.53 Å². The predicted octanol–water partition coefficient (Wildman–Crippen LogP) is 1.52. The molecule has 1 amide bonds. The van der Waals surface area contributed by atoms with E-state index in [2.05, 4.69) is 29.0 Å². The molecule has 0 bridgehead atoms. The molecular formula is C22H33N3O4. The Morgan fingerprint density at radius 3 is 2.72 bits per heavy atom. The summed E-state index contributed by atoms with van der Waals surface area (Å²) in [4.78, 5) is 17.4. The molecule has 29 heavy (non-hydrogen) atoms. The molecule has 1 aromatic rings. The van der Waals surface area contributed by atoms with Crippen molar-refractivity contribution in [2.24, 2.45) is 0 Å². The summed E-state index contributed by atoms with van der Waals surface area (Å²) in [5.41, 5.74) is 0. The van der Waals surface area contributed by atoms with Crippen LogP contribution in [0.5, 0.6) is 11.5 Å². The summed E-state index contributed by atoms with van der Waals surface area (Å²) < 4.78 is 17.5. The molecule has 3 aliphatic heterocycles. The fourth-order valence-corrected chi connectivity index (χ4v) is 4.67. The molecule has 2 fully saturated rings. The average molecular weight is 404 g/mol. The van der Waals surface area contributed by atoms with Crippen molar-refractivity contribution in [3.63, 3.8) is 0 Å². The number of nitrogens with zero attached hydrogens (tertiary/aromatic N) is 2. The van der Waals surface area contributed by atoms with Gasteiger partial charge >= 0.3 is 0 Å². The molecule has 4 atom stereocenters. The Balaban J connectivity index is 1.22. The molecule has 3 heterocycles. The van der Waals surface area contributed by atoms with Crippen LogP contribution in [0.4, 0.5) is 0 Å². The van der Waals surface area contributed by atoms with Crippen molar-refractivity contribution in [1.82, 2.24) is 15.1 Å². The van der Waals surface area contributed by atoms with Gasteiger partial charge in [-0.3, -0.25) is 14.6 Å². The van der Waals surface area contributed by atoms with Gasteiger partial charge in [-0.05, 0) is 45.4 Å². The molecule has 3 aliphatic rings. The number of likely N-dealkylation sites (tertiary alicyclic amines) is 1. The van der Waals surface area contributed by atoms with Gasteiger partial charge in [0.1, 0.15) is 12.7 Å². The summed E-state index contributed by atoms with van der Waals surface area (Å²) >= 11 is 0. The van der Waals surface area contributed by atoms with E-state index in [0.29, 0.717) is 25.7 Å². The number of morpholine rings is 1. The van der Waals surface area contributed by atoms with Crippen molar-refractivity contribution in [2.45, 2.75) is 51.0 Å². The van der Waals surface area contributed by atoms with Crippen LogP contribution in [0.1, 0.15) is 26.7 Å². The zero-order valence-corrected chi connectivity index (χ0v) is 17.5. The number of benzene rings is 1. The van der Waals surface area contributed by atoms with Crippen molar-refractivity contribution in [3.8, 4) is 11.5 Å². The van der Waals surface area contributed by atoms with Gasteiger partial charge in [0.05, 0.1) is 25.3 Å². The SMILES string of the molecule is CC1CN(CC2CCCN2CC(=O)NCC2COc3ccccc3O2)CC(C)O1. The predicted molar refractivity (Wildman–Crippen MR) is 110 cm³/mol. The zero-order chi connectivity index (χ0) is 20.2. The van der Waals surface area contributed by atoms with Gasteiger partial charge in [-0.1, -0.05) is 12.1 Å². The normalized spacial score (nSPS) is 30.3. The minimum atomic E-state index is -0.153. The number of amides is 1. The number of nitrogens with one attached hydrogen (secondary N) is 1. The van der Waals surface area contributed by atoms with E-state index >= 15 is 0 Å². The van der Waals surface area contributed by atoms with Gasteiger partial charge in [0.15, 0.2) is 11.5 Å². The quantitative estimate of drug-likeness (QED) is 0.777. The van der Waals surface area contributed by atoms with E-state index in [9.17, 15) is 4.79 Å². The third-order valence-electron chi connectivity index (χ3n) is 5.90. The maximum absolute atomic E-state index is 12.5. The summed E-state index contributed by atoms with van der Waals surface area (Å²) in [6.07, 6.45) is 2.71. The van der Waals surface area contributed by atoms with E-state index in [1.165, 1.54) is 0 Å². The van der Waals surface area contributed by atoms with Gasteiger partial charge < -0.3 is 19.5 Å². The van der Waals surface area contributed by atoms with E-state index in [1.807, 2.05) is 24.3 Å². The van der Waals surface area contributed by atoms with Gasteiger partial charge in [0.25, 0.3) is 0 Å².